The van der Waals surface area contributed by atoms with Gasteiger partial charge in [-0.25, -0.2) is 9.97 Å². The minimum Gasteiger partial charge on any atom is -0.497 e. The Bertz CT molecular complexity index is 1010. The molecule has 6 nitrogen and oxygen atoms in total. The van der Waals surface area contributed by atoms with E-state index in [-0.39, 0.29) is 11.9 Å². The number of likely N-dealkylation sites (tertiary alicyclic amines) is 1. The second-order valence-corrected chi connectivity index (χ2v) is 7.33. The van der Waals surface area contributed by atoms with Crippen molar-refractivity contribution >= 4 is 23.3 Å². The summed E-state index contributed by atoms with van der Waals surface area (Å²) in [5.74, 6) is 1.50. The first-order valence-electron chi connectivity index (χ1n) is 9.38. The van der Waals surface area contributed by atoms with E-state index in [1.54, 1.807) is 7.11 Å². The van der Waals surface area contributed by atoms with Crippen LogP contribution in [-0.2, 0) is 11.3 Å². The van der Waals surface area contributed by atoms with Crippen molar-refractivity contribution in [2.75, 3.05) is 19.0 Å². The van der Waals surface area contributed by atoms with Gasteiger partial charge in [0.1, 0.15) is 23.9 Å². The Balaban J connectivity index is 1.42. The lowest BCUT2D eigenvalue weighted by atomic mass is 10.1. The van der Waals surface area contributed by atoms with Crippen molar-refractivity contribution in [1.29, 1.82) is 0 Å². The number of anilines is 1. The van der Waals surface area contributed by atoms with E-state index in [2.05, 4.69) is 15.3 Å². The van der Waals surface area contributed by atoms with Crippen molar-refractivity contribution in [3.8, 4) is 17.0 Å². The molecule has 0 radical (unpaired) electrons. The predicted octanol–water partition coefficient (Wildman–Crippen LogP) is 4.02. The van der Waals surface area contributed by atoms with Gasteiger partial charge in [-0.05, 0) is 36.2 Å². The molecule has 1 N–H and O–H groups in total. The molecule has 2 heterocycles. The summed E-state index contributed by atoms with van der Waals surface area (Å²) in [6.07, 6.45) is 2.22. The Morgan fingerprint density at radius 2 is 2.00 bits per heavy atom. The van der Waals surface area contributed by atoms with Gasteiger partial charge in [0.2, 0.25) is 5.91 Å². The summed E-state index contributed by atoms with van der Waals surface area (Å²) in [7, 11) is 1.64. The number of rotatable bonds is 6. The zero-order valence-corrected chi connectivity index (χ0v) is 16.8. The number of carbonyl (C=O) groups is 1. The van der Waals surface area contributed by atoms with Gasteiger partial charge in [0.25, 0.3) is 0 Å². The van der Waals surface area contributed by atoms with Crippen molar-refractivity contribution < 1.29 is 9.53 Å². The monoisotopic (exact) mass is 408 g/mol. The Labute approximate surface area is 174 Å². The molecule has 148 valence electrons. The summed E-state index contributed by atoms with van der Waals surface area (Å²) in [4.78, 5) is 23.3. The summed E-state index contributed by atoms with van der Waals surface area (Å²) in [5, 5.41) is 3.90. The van der Waals surface area contributed by atoms with Crippen LogP contribution in [0.15, 0.2) is 60.9 Å². The van der Waals surface area contributed by atoms with Gasteiger partial charge >= 0.3 is 0 Å². The molecule has 1 atom stereocenters. The van der Waals surface area contributed by atoms with Crippen LogP contribution in [0.5, 0.6) is 5.75 Å². The molecule has 1 fully saturated rings. The van der Waals surface area contributed by atoms with Gasteiger partial charge in [0.15, 0.2) is 0 Å². The number of halogens is 1. The van der Waals surface area contributed by atoms with Crippen LogP contribution < -0.4 is 10.1 Å². The maximum Gasteiger partial charge on any atom is 0.245 e. The SMILES string of the molecule is COc1ccc(CN2CCC(Nc3cc(-c4cccc(Cl)c4)ncn3)C2=O)cc1. The molecule has 1 amide bonds. The molecule has 0 aliphatic carbocycles. The van der Waals surface area contributed by atoms with Crippen LogP contribution in [-0.4, -0.2) is 40.5 Å². The van der Waals surface area contributed by atoms with Crippen LogP contribution in [0.1, 0.15) is 12.0 Å². The van der Waals surface area contributed by atoms with E-state index in [1.165, 1.54) is 6.33 Å². The average Bonchev–Trinajstić information content (AvgIpc) is 3.08. The molecule has 3 aromatic rings. The molecule has 0 spiro atoms. The highest BCUT2D eigenvalue weighted by atomic mass is 35.5. The highest BCUT2D eigenvalue weighted by Crippen LogP contribution is 2.24. The van der Waals surface area contributed by atoms with Crippen LogP contribution in [0.25, 0.3) is 11.3 Å². The summed E-state index contributed by atoms with van der Waals surface area (Å²) in [5.41, 5.74) is 2.73. The maximum absolute atomic E-state index is 12.8. The van der Waals surface area contributed by atoms with Crippen molar-refractivity contribution in [3.63, 3.8) is 0 Å². The molecule has 1 aliphatic heterocycles. The fourth-order valence-corrected chi connectivity index (χ4v) is 3.59. The fraction of sp³-hybridized carbons (Fsp3) is 0.227. The minimum atomic E-state index is -0.296. The number of hydrogen-bond acceptors (Lipinski definition) is 5. The first-order valence-corrected chi connectivity index (χ1v) is 9.76. The molecule has 7 heteroatoms. The summed E-state index contributed by atoms with van der Waals surface area (Å²) in [6, 6.07) is 16.8. The molecule has 4 rings (SSSR count). The quantitative estimate of drug-likeness (QED) is 0.667. The largest absolute Gasteiger partial charge is 0.497 e. The molecule has 1 unspecified atom stereocenters. The number of benzene rings is 2. The van der Waals surface area contributed by atoms with E-state index in [0.29, 0.717) is 23.9 Å². The lowest BCUT2D eigenvalue weighted by Gasteiger charge is -2.18. The lowest BCUT2D eigenvalue weighted by Crippen LogP contribution is -2.33. The predicted molar refractivity (Wildman–Crippen MR) is 113 cm³/mol. The van der Waals surface area contributed by atoms with Crippen LogP contribution in [0, 0.1) is 0 Å². The smallest absolute Gasteiger partial charge is 0.245 e. The third-order valence-electron chi connectivity index (χ3n) is 4.94. The van der Waals surface area contributed by atoms with E-state index in [4.69, 9.17) is 16.3 Å². The summed E-state index contributed by atoms with van der Waals surface area (Å²) >= 11 is 6.07. The van der Waals surface area contributed by atoms with Crippen molar-refractivity contribution in [2.24, 2.45) is 0 Å². The average molecular weight is 409 g/mol. The second kappa shape index (κ2) is 8.49. The molecular weight excluding hydrogens is 388 g/mol. The zero-order chi connectivity index (χ0) is 20.2. The topological polar surface area (TPSA) is 67.3 Å². The Hall–Kier alpha value is -3.12. The van der Waals surface area contributed by atoms with Gasteiger partial charge in [-0.1, -0.05) is 35.9 Å². The van der Waals surface area contributed by atoms with Crippen molar-refractivity contribution in [3.05, 3.63) is 71.5 Å². The Kier molecular flexibility index (Phi) is 5.62. The number of nitrogens with zero attached hydrogens (tertiary/aromatic N) is 3. The first kappa shape index (κ1) is 19.2. The van der Waals surface area contributed by atoms with Gasteiger partial charge in [-0.3, -0.25) is 4.79 Å². The van der Waals surface area contributed by atoms with E-state index in [9.17, 15) is 4.79 Å². The number of amides is 1. The highest BCUT2D eigenvalue weighted by molar-refractivity contribution is 6.30. The Morgan fingerprint density at radius 3 is 2.76 bits per heavy atom. The number of aromatic nitrogens is 2. The standard InChI is InChI=1S/C22H21ClN4O2/c1-29-18-7-5-15(6-8-18)13-27-10-9-19(22(27)28)26-21-12-20(24-14-25-21)16-3-2-4-17(23)11-16/h2-8,11-12,14,19H,9-10,13H2,1H3,(H,24,25,26). The fourth-order valence-electron chi connectivity index (χ4n) is 3.40. The number of ether oxygens (including phenoxy) is 1. The maximum atomic E-state index is 12.8. The molecule has 0 saturated carbocycles. The van der Waals surface area contributed by atoms with Gasteiger partial charge < -0.3 is 15.0 Å². The van der Waals surface area contributed by atoms with Gasteiger partial charge in [-0.2, -0.15) is 0 Å². The van der Waals surface area contributed by atoms with E-state index >= 15 is 0 Å². The van der Waals surface area contributed by atoms with Crippen molar-refractivity contribution in [1.82, 2.24) is 14.9 Å². The van der Waals surface area contributed by atoms with Crippen LogP contribution in [0.3, 0.4) is 0 Å². The second-order valence-electron chi connectivity index (χ2n) is 6.89. The zero-order valence-electron chi connectivity index (χ0n) is 16.0. The van der Waals surface area contributed by atoms with E-state index < -0.39 is 0 Å². The number of nitrogens with one attached hydrogen (secondary N) is 1. The molecule has 1 saturated heterocycles. The van der Waals surface area contributed by atoms with Gasteiger partial charge in [-0.15, -0.1) is 0 Å². The number of carbonyl (C=O) groups excluding carboxylic acids is 1. The third-order valence-corrected chi connectivity index (χ3v) is 5.17. The molecule has 29 heavy (non-hydrogen) atoms. The molecule has 0 bridgehead atoms. The molecule has 1 aliphatic rings. The number of methoxy groups -OCH3 is 1. The normalized spacial score (nSPS) is 16.1. The van der Waals surface area contributed by atoms with Crippen LogP contribution in [0.2, 0.25) is 5.02 Å². The van der Waals surface area contributed by atoms with E-state index in [0.717, 1.165) is 29.0 Å². The molecule has 1 aromatic heterocycles. The van der Waals surface area contributed by atoms with Crippen LogP contribution in [0.4, 0.5) is 5.82 Å². The Morgan fingerprint density at radius 1 is 1.17 bits per heavy atom. The number of hydrogen-bond donors (Lipinski definition) is 1. The van der Waals surface area contributed by atoms with Gasteiger partial charge in [0.05, 0.1) is 12.8 Å². The van der Waals surface area contributed by atoms with Crippen molar-refractivity contribution in [2.45, 2.75) is 19.0 Å². The summed E-state index contributed by atoms with van der Waals surface area (Å²) in [6.45, 7) is 1.29. The lowest BCUT2D eigenvalue weighted by molar-refractivity contribution is -0.128. The molecular formula is C22H21ClN4O2. The molecule has 2 aromatic carbocycles. The van der Waals surface area contributed by atoms with Gasteiger partial charge in [0, 0.05) is 29.7 Å². The van der Waals surface area contributed by atoms with E-state index in [1.807, 2.05) is 59.5 Å². The first-order chi connectivity index (χ1) is 14.1. The van der Waals surface area contributed by atoms with Crippen LogP contribution >= 0.6 is 11.6 Å². The highest BCUT2D eigenvalue weighted by Gasteiger charge is 2.31. The summed E-state index contributed by atoms with van der Waals surface area (Å²) < 4.78 is 5.18. The minimum absolute atomic E-state index is 0.0729. The third kappa shape index (κ3) is 4.49.